The molecule has 7 heteroatoms. The Bertz CT molecular complexity index is 892. The zero-order valence-corrected chi connectivity index (χ0v) is 14.4. The highest BCUT2D eigenvalue weighted by atomic mass is 16.5. The fourth-order valence-electron chi connectivity index (χ4n) is 3.02. The molecule has 0 fully saturated rings. The van der Waals surface area contributed by atoms with Crippen molar-refractivity contribution in [3.8, 4) is 6.01 Å². The van der Waals surface area contributed by atoms with Crippen LogP contribution in [0.5, 0.6) is 6.01 Å². The van der Waals surface area contributed by atoms with Gasteiger partial charge in [0.25, 0.3) is 5.91 Å². The number of benzene rings is 1. The van der Waals surface area contributed by atoms with Crippen LogP contribution in [0.4, 0.5) is 0 Å². The molecule has 1 aromatic carbocycles. The Hall–Kier alpha value is -3.22. The zero-order valence-electron chi connectivity index (χ0n) is 14.4. The number of fused-ring (bicyclic) bond motifs is 1. The average molecular weight is 349 g/mol. The minimum Gasteiger partial charge on any atom is -0.456 e. The minimum absolute atomic E-state index is 0.0257. The number of carbonyl (C=O) groups is 1. The van der Waals surface area contributed by atoms with Crippen molar-refractivity contribution in [2.75, 3.05) is 6.54 Å². The van der Waals surface area contributed by atoms with Crippen molar-refractivity contribution in [2.45, 2.75) is 26.1 Å². The van der Waals surface area contributed by atoms with Crippen molar-refractivity contribution in [3.05, 3.63) is 71.8 Å². The summed E-state index contributed by atoms with van der Waals surface area (Å²) < 4.78 is 7.79. The number of nitrogens with zero attached hydrogens (tertiary/aromatic N) is 5. The van der Waals surface area contributed by atoms with Gasteiger partial charge in [-0.3, -0.25) is 9.48 Å². The Balaban J connectivity index is 1.59. The number of hydrogen-bond acceptors (Lipinski definition) is 5. The van der Waals surface area contributed by atoms with E-state index in [1.807, 2.05) is 41.9 Å². The third-order valence-electron chi connectivity index (χ3n) is 4.36. The molecule has 0 aliphatic carbocycles. The molecular weight excluding hydrogens is 330 g/mol. The highest BCUT2D eigenvalue weighted by Gasteiger charge is 2.27. The van der Waals surface area contributed by atoms with Gasteiger partial charge >= 0.3 is 6.01 Å². The number of carbonyl (C=O) groups excluding carboxylic acids is 1. The lowest BCUT2D eigenvalue weighted by atomic mass is 10.1. The second-order valence-corrected chi connectivity index (χ2v) is 6.33. The minimum atomic E-state index is -0.284. The molecule has 0 saturated heterocycles. The summed E-state index contributed by atoms with van der Waals surface area (Å²) in [7, 11) is 0. The summed E-state index contributed by atoms with van der Waals surface area (Å²) in [5.41, 5.74) is 2.77. The lowest BCUT2D eigenvalue weighted by Gasteiger charge is -2.24. The first-order valence-electron chi connectivity index (χ1n) is 8.49. The Kier molecular flexibility index (Phi) is 4.35. The molecule has 1 aliphatic rings. The van der Waals surface area contributed by atoms with Gasteiger partial charge < -0.3 is 9.64 Å². The molecule has 1 aliphatic heterocycles. The predicted molar refractivity (Wildman–Crippen MR) is 94.6 cm³/mol. The second-order valence-electron chi connectivity index (χ2n) is 6.33. The highest BCUT2D eigenvalue weighted by molar-refractivity contribution is 5.94. The first-order chi connectivity index (χ1) is 12.7. The predicted octanol–water partition coefficient (Wildman–Crippen LogP) is 2.09. The van der Waals surface area contributed by atoms with Crippen molar-refractivity contribution in [3.63, 3.8) is 0 Å². The van der Waals surface area contributed by atoms with Gasteiger partial charge in [-0.15, -0.1) is 0 Å². The monoisotopic (exact) mass is 349 g/mol. The quantitative estimate of drug-likeness (QED) is 0.724. The van der Waals surface area contributed by atoms with Gasteiger partial charge in [0.2, 0.25) is 0 Å². The van der Waals surface area contributed by atoms with E-state index < -0.39 is 0 Å². The van der Waals surface area contributed by atoms with Crippen LogP contribution in [-0.2, 0) is 13.1 Å². The molecule has 0 bridgehead atoms. The molecule has 0 N–H and O–H groups in total. The van der Waals surface area contributed by atoms with Crippen LogP contribution in [0.2, 0.25) is 0 Å². The molecule has 1 amide bonds. The third-order valence-corrected chi connectivity index (χ3v) is 4.36. The van der Waals surface area contributed by atoms with E-state index in [9.17, 15) is 4.79 Å². The summed E-state index contributed by atoms with van der Waals surface area (Å²) >= 11 is 0. The largest absolute Gasteiger partial charge is 0.456 e. The molecule has 3 heterocycles. The first-order valence-corrected chi connectivity index (χ1v) is 8.49. The smallest absolute Gasteiger partial charge is 0.316 e. The van der Waals surface area contributed by atoms with E-state index in [2.05, 4.69) is 15.1 Å². The van der Waals surface area contributed by atoms with Crippen LogP contribution >= 0.6 is 0 Å². The maximum Gasteiger partial charge on any atom is 0.316 e. The van der Waals surface area contributed by atoms with E-state index in [-0.39, 0.29) is 12.0 Å². The lowest BCUT2D eigenvalue weighted by Crippen LogP contribution is -2.39. The van der Waals surface area contributed by atoms with E-state index >= 15 is 0 Å². The van der Waals surface area contributed by atoms with Crippen LogP contribution in [0.3, 0.4) is 0 Å². The van der Waals surface area contributed by atoms with E-state index in [0.29, 0.717) is 31.2 Å². The molecule has 0 unspecified atom stereocenters. The molecule has 3 aromatic rings. The van der Waals surface area contributed by atoms with Crippen molar-refractivity contribution < 1.29 is 9.53 Å². The van der Waals surface area contributed by atoms with E-state index in [4.69, 9.17) is 4.74 Å². The Morgan fingerprint density at radius 2 is 1.85 bits per heavy atom. The van der Waals surface area contributed by atoms with Crippen LogP contribution in [0.25, 0.3) is 0 Å². The van der Waals surface area contributed by atoms with Gasteiger partial charge in [0.15, 0.2) is 0 Å². The van der Waals surface area contributed by atoms with Crippen molar-refractivity contribution in [1.29, 1.82) is 0 Å². The van der Waals surface area contributed by atoms with E-state index in [1.165, 1.54) is 0 Å². The molecule has 132 valence electrons. The summed E-state index contributed by atoms with van der Waals surface area (Å²) in [4.78, 5) is 23.0. The molecule has 26 heavy (non-hydrogen) atoms. The first kappa shape index (κ1) is 16.3. The highest BCUT2D eigenvalue weighted by Crippen LogP contribution is 2.18. The van der Waals surface area contributed by atoms with Crippen LogP contribution in [0.15, 0.2) is 55.0 Å². The molecule has 0 saturated carbocycles. The number of rotatable bonds is 3. The number of amides is 1. The van der Waals surface area contributed by atoms with Gasteiger partial charge in [-0.1, -0.05) is 17.7 Å². The van der Waals surface area contributed by atoms with E-state index in [1.54, 1.807) is 29.6 Å². The van der Waals surface area contributed by atoms with Gasteiger partial charge in [0.1, 0.15) is 6.10 Å². The molecule has 1 atom stereocenters. The number of aromatic nitrogens is 4. The second kappa shape index (κ2) is 6.95. The summed E-state index contributed by atoms with van der Waals surface area (Å²) in [5, 5.41) is 4.34. The zero-order chi connectivity index (χ0) is 17.9. The van der Waals surface area contributed by atoms with E-state index in [0.717, 1.165) is 11.3 Å². The van der Waals surface area contributed by atoms with Crippen LogP contribution in [-0.4, -0.2) is 43.2 Å². The van der Waals surface area contributed by atoms with Gasteiger partial charge in [-0.25, -0.2) is 9.97 Å². The topological polar surface area (TPSA) is 73.1 Å². The molecule has 7 nitrogen and oxygen atoms in total. The third kappa shape index (κ3) is 3.42. The van der Waals surface area contributed by atoms with Crippen LogP contribution < -0.4 is 4.74 Å². The van der Waals surface area contributed by atoms with Gasteiger partial charge in [0, 0.05) is 24.2 Å². The van der Waals surface area contributed by atoms with Crippen molar-refractivity contribution in [2.24, 2.45) is 0 Å². The number of hydrogen-bond donors (Lipinski definition) is 0. The Labute approximate surface area is 151 Å². The maximum atomic E-state index is 13.0. The van der Waals surface area contributed by atoms with Gasteiger partial charge in [-0.2, -0.15) is 5.10 Å². The lowest BCUT2D eigenvalue weighted by molar-refractivity contribution is 0.0637. The standard InChI is InChI=1S/C19H19N5O2/c1-14-3-5-15(6-4-14)18(25)23-11-16-7-10-22-24(16)13-17(12-23)26-19-20-8-2-9-21-19/h2-10,17H,11-13H2,1H3/t17-/m1/s1. The fourth-order valence-corrected chi connectivity index (χ4v) is 3.02. The molecular formula is C19H19N5O2. The fraction of sp³-hybridized carbons (Fsp3) is 0.263. The average Bonchev–Trinajstić information content (AvgIpc) is 3.01. The van der Waals surface area contributed by atoms with Crippen molar-refractivity contribution in [1.82, 2.24) is 24.6 Å². The summed E-state index contributed by atoms with van der Waals surface area (Å²) in [6.45, 7) is 3.47. The van der Waals surface area contributed by atoms with Crippen molar-refractivity contribution >= 4 is 5.91 Å². The Morgan fingerprint density at radius 1 is 1.08 bits per heavy atom. The van der Waals surface area contributed by atoms with Gasteiger partial charge in [0.05, 0.1) is 25.3 Å². The molecule has 4 rings (SSSR count). The summed E-state index contributed by atoms with van der Waals surface area (Å²) in [6, 6.07) is 11.6. The van der Waals surface area contributed by atoms with Crippen LogP contribution in [0.1, 0.15) is 21.6 Å². The SMILES string of the molecule is Cc1ccc(C(=O)N2Cc3ccnn3C[C@H](Oc3ncccn3)C2)cc1. The summed E-state index contributed by atoms with van der Waals surface area (Å²) in [5.74, 6) is -0.0257. The Morgan fingerprint density at radius 3 is 2.62 bits per heavy atom. The summed E-state index contributed by atoms with van der Waals surface area (Å²) in [6.07, 6.45) is 4.72. The molecule has 0 radical (unpaired) electrons. The molecule has 0 spiro atoms. The maximum absolute atomic E-state index is 13.0. The normalized spacial score (nSPS) is 16.7. The van der Waals surface area contributed by atoms with Crippen LogP contribution in [0, 0.1) is 6.92 Å². The number of aryl methyl sites for hydroxylation is 1. The van der Waals surface area contributed by atoms with Gasteiger partial charge in [-0.05, 0) is 31.2 Å². The number of ether oxygens (including phenoxy) is 1. The molecule has 2 aromatic heterocycles.